The van der Waals surface area contributed by atoms with E-state index in [1.807, 2.05) is 6.92 Å². The molecule has 0 saturated carbocycles. The number of amides is 1. The third-order valence-electron chi connectivity index (χ3n) is 2.43. The normalized spacial score (nSPS) is 11.2. The Balaban J connectivity index is 2.53. The van der Waals surface area contributed by atoms with Crippen LogP contribution in [0.1, 0.15) is 18.9 Å². The molecule has 0 heterocycles. The van der Waals surface area contributed by atoms with Gasteiger partial charge in [-0.1, -0.05) is 25.1 Å². The predicted octanol–water partition coefficient (Wildman–Crippen LogP) is 0.214. The topological polar surface area (TPSA) is 101 Å². The van der Waals surface area contributed by atoms with Gasteiger partial charge in [0.25, 0.3) is 0 Å². The summed E-state index contributed by atoms with van der Waals surface area (Å²) in [6, 6.07) is 6.73. The Morgan fingerprint density at radius 3 is 2.63 bits per heavy atom. The van der Waals surface area contributed by atoms with Gasteiger partial charge in [-0.25, -0.2) is 13.1 Å². The molecule has 0 aliphatic heterocycles. The number of rotatable bonds is 7. The zero-order valence-electron chi connectivity index (χ0n) is 10.8. The Morgan fingerprint density at radius 2 is 2.00 bits per heavy atom. The van der Waals surface area contributed by atoms with E-state index in [0.717, 1.165) is 6.42 Å². The number of hydrogen-bond acceptors (Lipinski definition) is 4. The molecule has 19 heavy (non-hydrogen) atoms. The average Bonchev–Trinajstić information content (AvgIpc) is 2.36. The summed E-state index contributed by atoms with van der Waals surface area (Å²) in [7, 11) is -3.57. The van der Waals surface area contributed by atoms with Crippen molar-refractivity contribution in [2.45, 2.75) is 19.1 Å². The number of carbonyl (C=O) groups is 1. The van der Waals surface area contributed by atoms with Gasteiger partial charge in [0.05, 0.1) is 12.3 Å². The van der Waals surface area contributed by atoms with E-state index in [2.05, 4.69) is 10.0 Å². The zero-order valence-corrected chi connectivity index (χ0v) is 11.7. The van der Waals surface area contributed by atoms with Gasteiger partial charge in [-0.05, 0) is 18.1 Å². The van der Waals surface area contributed by atoms with Crippen molar-refractivity contribution in [2.75, 3.05) is 18.8 Å². The average molecular weight is 285 g/mol. The van der Waals surface area contributed by atoms with Gasteiger partial charge < -0.3 is 11.1 Å². The molecule has 1 aromatic rings. The highest BCUT2D eigenvalue weighted by atomic mass is 32.2. The Labute approximate surface area is 113 Å². The Morgan fingerprint density at radius 1 is 1.32 bits per heavy atom. The highest BCUT2D eigenvalue weighted by Crippen LogP contribution is 2.13. The molecule has 0 bridgehead atoms. The second-order valence-corrected chi connectivity index (χ2v) is 5.94. The summed E-state index contributed by atoms with van der Waals surface area (Å²) in [6.07, 6.45) is 0.805. The van der Waals surface area contributed by atoms with Crippen molar-refractivity contribution in [1.82, 2.24) is 10.0 Å². The van der Waals surface area contributed by atoms with Crippen molar-refractivity contribution in [3.05, 3.63) is 29.8 Å². The molecule has 0 aliphatic rings. The molecule has 0 aliphatic carbocycles. The molecule has 0 atom stereocenters. The molecule has 6 nitrogen and oxygen atoms in total. The van der Waals surface area contributed by atoms with Crippen molar-refractivity contribution in [3.8, 4) is 0 Å². The molecule has 1 amide bonds. The molecule has 0 aromatic heterocycles. The number of benzene rings is 1. The van der Waals surface area contributed by atoms with Gasteiger partial charge in [-0.15, -0.1) is 0 Å². The van der Waals surface area contributed by atoms with E-state index < -0.39 is 10.0 Å². The molecule has 1 aromatic carbocycles. The van der Waals surface area contributed by atoms with E-state index in [9.17, 15) is 13.2 Å². The molecule has 0 saturated heterocycles. The van der Waals surface area contributed by atoms with E-state index in [1.54, 1.807) is 24.3 Å². The molecule has 106 valence electrons. The van der Waals surface area contributed by atoms with Crippen LogP contribution >= 0.6 is 0 Å². The largest absolute Gasteiger partial charge is 0.398 e. The molecular formula is C12H19N3O3S. The fourth-order valence-corrected chi connectivity index (χ4v) is 2.55. The summed E-state index contributed by atoms with van der Waals surface area (Å²) in [5, 5.41) is 2.59. The predicted molar refractivity (Wildman–Crippen MR) is 74.8 cm³/mol. The quantitative estimate of drug-likeness (QED) is 0.623. The highest BCUT2D eigenvalue weighted by Gasteiger charge is 2.14. The van der Waals surface area contributed by atoms with Gasteiger partial charge in [0.2, 0.25) is 15.9 Å². The first-order chi connectivity index (χ1) is 8.94. The number of carbonyl (C=O) groups excluding carboxylic acids is 1. The summed E-state index contributed by atoms with van der Waals surface area (Å²) in [5.74, 6) is -0.577. The maximum Gasteiger partial charge on any atom is 0.235 e. The van der Waals surface area contributed by atoms with E-state index in [4.69, 9.17) is 5.73 Å². The molecule has 0 fully saturated rings. The maximum atomic E-state index is 11.8. The Bertz CT molecular complexity index is 529. The van der Waals surface area contributed by atoms with E-state index in [-0.39, 0.29) is 18.2 Å². The number of sulfonamides is 1. The second-order valence-electron chi connectivity index (χ2n) is 4.13. The highest BCUT2D eigenvalue weighted by molar-refractivity contribution is 7.88. The van der Waals surface area contributed by atoms with Gasteiger partial charge in [-0.3, -0.25) is 4.79 Å². The molecule has 0 unspecified atom stereocenters. The van der Waals surface area contributed by atoms with E-state index in [1.165, 1.54) is 0 Å². The van der Waals surface area contributed by atoms with Crippen LogP contribution in [0.4, 0.5) is 5.69 Å². The maximum absolute atomic E-state index is 11.8. The number of anilines is 1. The van der Waals surface area contributed by atoms with Crippen molar-refractivity contribution in [2.24, 2.45) is 0 Å². The zero-order chi connectivity index (χ0) is 14.3. The van der Waals surface area contributed by atoms with Gasteiger partial charge in [0.1, 0.15) is 0 Å². The lowest BCUT2D eigenvalue weighted by Gasteiger charge is -2.08. The Kier molecular flexibility index (Phi) is 5.78. The third kappa shape index (κ3) is 5.71. The molecule has 7 heteroatoms. The van der Waals surface area contributed by atoms with Crippen molar-refractivity contribution in [3.63, 3.8) is 0 Å². The third-order valence-corrected chi connectivity index (χ3v) is 3.70. The molecule has 1 rings (SSSR count). The fraction of sp³-hybridized carbons (Fsp3) is 0.417. The lowest BCUT2D eigenvalue weighted by molar-refractivity contribution is -0.119. The van der Waals surface area contributed by atoms with Crippen LogP contribution in [0.2, 0.25) is 0 Å². The summed E-state index contributed by atoms with van der Waals surface area (Å²) >= 11 is 0. The lowest BCUT2D eigenvalue weighted by atomic mass is 10.2. The summed E-state index contributed by atoms with van der Waals surface area (Å²) in [4.78, 5) is 11.3. The molecule has 0 radical (unpaired) electrons. The lowest BCUT2D eigenvalue weighted by Crippen LogP contribution is -2.37. The van der Waals surface area contributed by atoms with E-state index in [0.29, 0.717) is 17.8 Å². The summed E-state index contributed by atoms with van der Waals surface area (Å²) in [6.45, 7) is 2.20. The van der Waals surface area contributed by atoms with Crippen LogP contribution in [-0.2, 0) is 20.6 Å². The molecular weight excluding hydrogens is 266 g/mol. The van der Waals surface area contributed by atoms with Crippen molar-refractivity contribution in [1.29, 1.82) is 0 Å². The smallest absolute Gasteiger partial charge is 0.235 e. The SMILES string of the molecule is CCCNC(=O)CNS(=O)(=O)Cc1ccccc1N. The van der Waals surface area contributed by atoms with Gasteiger partial charge in [0.15, 0.2) is 0 Å². The molecule has 4 N–H and O–H groups in total. The van der Waals surface area contributed by atoms with Crippen LogP contribution in [0.3, 0.4) is 0 Å². The number of hydrogen-bond donors (Lipinski definition) is 3. The minimum Gasteiger partial charge on any atom is -0.398 e. The standard InChI is InChI=1S/C12H19N3O3S/c1-2-7-14-12(16)8-15-19(17,18)9-10-5-3-4-6-11(10)13/h3-6,15H,2,7-9,13H2,1H3,(H,14,16). The van der Waals surface area contributed by atoms with Crippen LogP contribution in [-0.4, -0.2) is 27.4 Å². The van der Waals surface area contributed by atoms with Crippen LogP contribution in [0.5, 0.6) is 0 Å². The van der Waals surface area contributed by atoms with Crippen LogP contribution in [0.25, 0.3) is 0 Å². The van der Waals surface area contributed by atoms with Crippen LogP contribution in [0.15, 0.2) is 24.3 Å². The van der Waals surface area contributed by atoms with Gasteiger partial charge in [-0.2, -0.15) is 0 Å². The van der Waals surface area contributed by atoms with Crippen LogP contribution in [0, 0.1) is 0 Å². The first kappa shape index (κ1) is 15.5. The Hall–Kier alpha value is -1.60. The first-order valence-corrected chi connectivity index (χ1v) is 7.67. The summed E-state index contributed by atoms with van der Waals surface area (Å²) in [5.41, 5.74) is 6.62. The minimum absolute atomic E-state index is 0.235. The second kappa shape index (κ2) is 7.10. The number of nitrogens with two attached hydrogens (primary N) is 1. The van der Waals surface area contributed by atoms with E-state index >= 15 is 0 Å². The number of nitrogen functional groups attached to an aromatic ring is 1. The van der Waals surface area contributed by atoms with Crippen molar-refractivity contribution < 1.29 is 13.2 Å². The van der Waals surface area contributed by atoms with Gasteiger partial charge >= 0.3 is 0 Å². The molecule has 0 spiro atoms. The minimum atomic E-state index is -3.57. The van der Waals surface area contributed by atoms with Crippen LogP contribution < -0.4 is 15.8 Å². The number of para-hydroxylation sites is 1. The summed E-state index contributed by atoms with van der Waals surface area (Å²) < 4.78 is 25.8. The first-order valence-electron chi connectivity index (χ1n) is 6.02. The van der Waals surface area contributed by atoms with Gasteiger partial charge in [0, 0.05) is 12.2 Å². The fourth-order valence-electron chi connectivity index (χ4n) is 1.42. The number of nitrogens with one attached hydrogen (secondary N) is 2. The monoisotopic (exact) mass is 285 g/mol. The van der Waals surface area contributed by atoms with Crippen molar-refractivity contribution >= 4 is 21.6 Å².